The lowest BCUT2D eigenvalue weighted by Crippen LogP contribution is -2.41. The molecule has 2 aromatic carbocycles. The third-order valence-corrected chi connectivity index (χ3v) is 10.4. The predicted octanol–water partition coefficient (Wildman–Crippen LogP) is 3.22. The number of esters is 2. The predicted molar refractivity (Wildman–Crippen MR) is 126 cm³/mol. The standard InChI is InChI=1S/C25H24O8S2/c1-32-23(26)25(24(27)33-2)15-21(34(28,29)17-9-5-3-6-10-17)19-13-14-20(19)22(16-25)35(30,31)18-11-7-4-8-12-18/h3-12,15,19H,13-14,16H2,1-2H3. The van der Waals surface area contributed by atoms with E-state index in [1.165, 1.54) is 24.3 Å². The van der Waals surface area contributed by atoms with Gasteiger partial charge in [-0.05, 0) is 48.8 Å². The van der Waals surface area contributed by atoms with Crippen molar-refractivity contribution in [3.05, 3.63) is 82.1 Å². The van der Waals surface area contributed by atoms with Gasteiger partial charge in [0, 0.05) is 12.3 Å². The van der Waals surface area contributed by atoms with E-state index in [0.717, 1.165) is 20.3 Å². The fourth-order valence-corrected chi connectivity index (χ4v) is 8.15. The Morgan fingerprint density at radius 3 is 1.71 bits per heavy atom. The van der Waals surface area contributed by atoms with Crippen molar-refractivity contribution in [3.8, 4) is 0 Å². The van der Waals surface area contributed by atoms with Crippen molar-refractivity contribution >= 4 is 31.6 Å². The average Bonchev–Trinajstić information content (AvgIpc) is 2.96. The van der Waals surface area contributed by atoms with Crippen LogP contribution in [-0.2, 0) is 38.7 Å². The number of sulfone groups is 2. The lowest BCUT2D eigenvalue weighted by atomic mass is 9.79. The van der Waals surface area contributed by atoms with Crippen LogP contribution >= 0.6 is 0 Å². The molecule has 10 heteroatoms. The Hall–Kier alpha value is -3.24. The van der Waals surface area contributed by atoms with E-state index >= 15 is 0 Å². The first kappa shape index (κ1) is 24.9. The molecule has 35 heavy (non-hydrogen) atoms. The van der Waals surface area contributed by atoms with Crippen molar-refractivity contribution in [2.24, 2.45) is 11.3 Å². The second-order valence-corrected chi connectivity index (χ2v) is 12.3. The molecule has 0 saturated heterocycles. The van der Waals surface area contributed by atoms with Crippen LogP contribution in [0.25, 0.3) is 0 Å². The van der Waals surface area contributed by atoms with Crippen molar-refractivity contribution in [1.29, 1.82) is 0 Å². The highest BCUT2D eigenvalue weighted by molar-refractivity contribution is 7.95. The Kier molecular flexibility index (Phi) is 6.46. The van der Waals surface area contributed by atoms with Gasteiger partial charge in [0.1, 0.15) is 0 Å². The number of benzene rings is 2. The first-order valence-corrected chi connectivity index (χ1v) is 13.8. The topological polar surface area (TPSA) is 121 Å². The van der Waals surface area contributed by atoms with Crippen LogP contribution in [-0.4, -0.2) is 43.0 Å². The number of methoxy groups -OCH3 is 2. The number of carbonyl (C=O) groups excluding carboxylic acids is 2. The number of allylic oxidation sites excluding steroid dienone is 3. The quantitative estimate of drug-likeness (QED) is 0.424. The maximum atomic E-state index is 13.7. The number of rotatable bonds is 6. The highest BCUT2D eigenvalue weighted by atomic mass is 32.2. The second-order valence-electron chi connectivity index (χ2n) is 8.35. The lowest BCUT2D eigenvalue weighted by Gasteiger charge is -2.33. The summed E-state index contributed by atoms with van der Waals surface area (Å²) in [7, 11) is -6.26. The van der Waals surface area contributed by atoms with Gasteiger partial charge in [-0.1, -0.05) is 36.4 Å². The summed E-state index contributed by atoms with van der Waals surface area (Å²) in [6, 6.07) is 15.2. The second kappa shape index (κ2) is 9.09. The van der Waals surface area contributed by atoms with Crippen LogP contribution in [0.5, 0.6) is 0 Å². The minimum Gasteiger partial charge on any atom is -0.468 e. The Balaban J connectivity index is 2.04. The van der Waals surface area contributed by atoms with E-state index < -0.39 is 49.4 Å². The summed E-state index contributed by atoms with van der Waals surface area (Å²) in [5.74, 6) is -3.01. The van der Waals surface area contributed by atoms with Crippen molar-refractivity contribution in [3.63, 3.8) is 0 Å². The van der Waals surface area contributed by atoms with E-state index in [-0.39, 0.29) is 19.6 Å². The van der Waals surface area contributed by atoms with Crippen LogP contribution in [0, 0.1) is 11.3 Å². The largest absolute Gasteiger partial charge is 0.468 e. The molecule has 0 spiro atoms. The number of hydrogen-bond acceptors (Lipinski definition) is 8. The normalized spacial score (nSPS) is 19.5. The zero-order chi connectivity index (χ0) is 25.4. The van der Waals surface area contributed by atoms with E-state index in [1.54, 1.807) is 36.4 Å². The molecule has 2 aliphatic carbocycles. The highest BCUT2D eigenvalue weighted by Crippen LogP contribution is 2.53. The fourth-order valence-electron chi connectivity index (χ4n) is 4.56. The number of ether oxygens (including phenoxy) is 2. The molecule has 2 aromatic rings. The fraction of sp³-hybridized carbons (Fsp3) is 0.280. The monoisotopic (exact) mass is 516 g/mol. The van der Waals surface area contributed by atoms with Gasteiger partial charge in [0.25, 0.3) is 0 Å². The molecule has 0 bridgehead atoms. The molecule has 1 saturated carbocycles. The van der Waals surface area contributed by atoms with Gasteiger partial charge < -0.3 is 9.47 Å². The molecule has 0 amide bonds. The lowest BCUT2D eigenvalue weighted by molar-refractivity contribution is -0.164. The number of hydrogen-bond donors (Lipinski definition) is 0. The van der Waals surface area contributed by atoms with Gasteiger partial charge >= 0.3 is 11.9 Å². The van der Waals surface area contributed by atoms with Crippen LogP contribution in [0.3, 0.4) is 0 Å². The van der Waals surface area contributed by atoms with Crippen LogP contribution in [0.1, 0.15) is 19.3 Å². The molecule has 4 rings (SSSR count). The van der Waals surface area contributed by atoms with Crippen LogP contribution in [0.4, 0.5) is 0 Å². The maximum Gasteiger partial charge on any atom is 0.327 e. The smallest absolute Gasteiger partial charge is 0.327 e. The van der Waals surface area contributed by atoms with Gasteiger partial charge in [-0.2, -0.15) is 0 Å². The van der Waals surface area contributed by atoms with Crippen molar-refractivity contribution < 1.29 is 35.9 Å². The van der Waals surface area contributed by atoms with Crippen molar-refractivity contribution in [2.45, 2.75) is 29.1 Å². The van der Waals surface area contributed by atoms with Crippen LogP contribution < -0.4 is 0 Å². The molecule has 0 aromatic heterocycles. The third-order valence-electron chi connectivity index (χ3n) is 6.49. The van der Waals surface area contributed by atoms with E-state index in [4.69, 9.17) is 9.47 Å². The summed E-state index contributed by atoms with van der Waals surface area (Å²) in [4.78, 5) is 25.8. The number of fused-ring (bicyclic) bond motifs is 1. The summed E-state index contributed by atoms with van der Waals surface area (Å²) in [6.07, 6.45) is 1.10. The molecule has 0 heterocycles. The summed E-state index contributed by atoms with van der Waals surface area (Å²) in [5, 5.41) is 0. The molecular weight excluding hydrogens is 492 g/mol. The molecule has 8 nitrogen and oxygen atoms in total. The summed E-state index contributed by atoms with van der Waals surface area (Å²) in [5.41, 5.74) is -1.93. The Morgan fingerprint density at radius 2 is 1.29 bits per heavy atom. The van der Waals surface area contributed by atoms with Gasteiger partial charge in [-0.15, -0.1) is 0 Å². The van der Waals surface area contributed by atoms with Gasteiger partial charge in [0.05, 0.1) is 33.8 Å². The molecule has 0 N–H and O–H groups in total. The minimum atomic E-state index is -4.19. The maximum absolute atomic E-state index is 13.7. The molecule has 1 atom stereocenters. The molecule has 2 aliphatic rings. The van der Waals surface area contributed by atoms with Crippen molar-refractivity contribution in [2.75, 3.05) is 14.2 Å². The minimum absolute atomic E-state index is 0.0221. The number of carbonyl (C=O) groups is 2. The van der Waals surface area contributed by atoms with Gasteiger partial charge in [0.2, 0.25) is 19.7 Å². The first-order chi connectivity index (χ1) is 16.6. The van der Waals surface area contributed by atoms with E-state index in [9.17, 15) is 26.4 Å². The zero-order valence-electron chi connectivity index (χ0n) is 19.1. The zero-order valence-corrected chi connectivity index (χ0v) is 20.8. The summed E-state index contributed by atoms with van der Waals surface area (Å²) < 4.78 is 64.7. The van der Waals surface area contributed by atoms with Gasteiger partial charge in [-0.25, -0.2) is 16.8 Å². The van der Waals surface area contributed by atoms with Gasteiger partial charge in [-0.3, -0.25) is 9.59 Å². The Labute approximate surface area is 204 Å². The van der Waals surface area contributed by atoms with E-state index in [2.05, 4.69) is 0 Å². The molecule has 0 radical (unpaired) electrons. The Bertz CT molecular complexity index is 1420. The first-order valence-electron chi connectivity index (χ1n) is 10.8. The third kappa shape index (κ3) is 4.00. The van der Waals surface area contributed by atoms with Gasteiger partial charge in [0.15, 0.2) is 5.41 Å². The molecular formula is C25H24O8S2. The molecule has 1 fully saturated rings. The SMILES string of the molecule is COC(=O)C1(C(=O)OC)C=C(S(=O)(=O)c2ccccc2)C2CCC2=C(S(=O)(=O)c2ccccc2)C1. The van der Waals surface area contributed by atoms with Crippen molar-refractivity contribution in [1.82, 2.24) is 0 Å². The van der Waals surface area contributed by atoms with Crippen LogP contribution in [0.15, 0.2) is 91.9 Å². The summed E-state index contributed by atoms with van der Waals surface area (Å²) >= 11 is 0. The van der Waals surface area contributed by atoms with Crippen LogP contribution in [0.2, 0.25) is 0 Å². The molecule has 1 unspecified atom stereocenters. The molecule has 184 valence electrons. The highest BCUT2D eigenvalue weighted by Gasteiger charge is 2.55. The Morgan fingerprint density at radius 1 is 0.800 bits per heavy atom. The average molecular weight is 517 g/mol. The van der Waals surface area contributed by atoms with E-state index in [1.807, 2.05) is 0 Å². The van der Waals surface area contributed by atoms with E-state index in [0.29, 0.717) is 18.4 Å². The summed E-state index contributed by atoms with van der Waals surface area (Å²) in [6.45, 7) is 0. The molecule has 0 aliphatic heterocycles.